The Hall–Kier alpha value is -2.86. The van der Waals surface area contributed by atoms with Crippen LogP contribution in [0.15, 0.2) is 54.6 Å². The molecule has 0 bridgehead atoms. The van der Waals surface area contributed by atoms with Crippen molar-refractivity contribution < 1.29 is 19.4 Å². The molecule has 0 heterocycles. The second-order valence-corrected chi connectivity index (χ2v) is 5.97. The van der Waals surface area contributed by atoms with Crippen molar-refractivity contribution in [3.8, 4) is 0 Å². The van der Waals surface area contributed by atoms with Gasteiger partial charge in [0.1, 0.15) is 0 Å². The van der Waals surface area contributed by atoms with Crippen LogP contribution < -0.4 is 10.6 Å². The molecule has 0 unspecified atom stereocenters. The molecule has 0 fully saturated rings. The predicted octanol–water partition coefficient (Wildman–Crippen LogP) is 2.42. The van der Waals surface area contributed by atoms with Crippen LogP contribution in [0.25, 0.3) is 0 Å². The van der Waals surface area contributed by atoms with Crippen LogP contribution in [0.1, 0.15) is 28.8 Å². The number of carbonyl (C=O) groups excluding carboxylic acids is 1. The van der Waals surface area contributed by atoms with Crippen molar-refractivity contribution in [2.24, 2.45) is 0 Å². The van der Waals surface area contributed by atoms with Gasteiger partial charge in [-0.25, -0.2) is 4.79 Å². The number of nitrogens with one attached hydrogen (secondary N) is 2. The Labute approximate surface area is 145 Å². The summed E-state index contributed by atoms with van der Waals surface area (Å²) in [5, 5.41) is 14.6. The lowest BCUT2D eigenvalue weighted by atomic mass is 10.1. The highest BCUT2D eigenvalue weighted by molar-refractivity contribution is 5.83. The summed E-state index contributed by atoms with van der Waals surface area (Å²) in [5.41, 5.74) is 2.67. The van der Waals surface area contributed by atoms with E-state index in [0.717, 1.165) is 16.7 Å². The molecule has 2 aromatic rings. The van der Waals surface area contributed by atoms with E-state index in [1.165, 1.54) is 7.11 Å². The number of amides is 2. The van der Waals surface area contributed by atoms with E-state index in [-0.39, 0.29) is 11.9 Å². The smallest absolute Gasteiger partial charge is 0.405 e. The van der Waals surface area contributed by atoms with Gasteiger partial charge in [0, 0.05) is 7.11 Å². The summed E-state index contributed by atoms with van der Waals surface area (Å²) in [6, 6.07) is 16.0. The van der Waals surface area contributed by atoms with Gasteiger partial charge in [0.15, 0.2) is 6.10 Å². The minimum absolute atomic E-state index is 0.288. The Balaban J connectivity index is 1.79. The van der Waals surface area contributed by atoms with Crippen LogP contribution in [0.4, 0.5) is 4.79 Å². The number of methoxy groups -OCH3 is 1. The molecule has 0 radical (unpaired) electrons. The van der Waals surface area contributed by atoms with Crippen LogP contribution in [0.3, 0.4) is 0 Å². The van der Waals surface area contributed by atoms with E-state index in [0.29, 0.717) is 6.42 Å². The molecule has 0 aromatic heterocycles. The van der Waals surface area contributed by atoms with Gasteiger partial charge in [-0.05, 0) is 23.1 Å². The van der Waals surface area contributed by atoms with Gasteiger partial charge >= 0.3 is 6.09 Å². The van der Waals surface area contributed by atoms with Gasteiger partial charge in [-0.1, -0.05) is 54.6 Å². The molecule has 0 spiro atoms. The van der Waals surface area contributed by atoms with Crippen LogP contribution >= 0.6 is 0 Å². The molecule has 6 nitrogen and oxygen atoms in total. The third-order valence-corrected chi connectivity index (χ3v) is 4.42. The van der Waals surface area contributed by atoms with Gasteiger partial charge in [-0.15, -0.1) is 0 Å². The first-order valence-corrected chi connectivity index (χ1v) is 8.05. The van der Waals surface area contributed by atoms with Crippen molar-refractivity contribution in [3.05, 3.63) is 71.3 Å². The molecular formula is C19H20N2O4. The SMILES string of the molecule is CO[C@H](C(=O)N[C@H]1Cc2ccccc2[C@@H]1NC(=O)O)c1ccccc1. The van der Waals surface area contributed by atoms with Crippen molar-refractivity contribution in [1.29, 1.82) is 0 Å². The molecule has 0 aliphatic heterocycles. The molecule has 25 heavy (non-hydrogen) atoms. The van der Waals surface area contributed by atoms with E-state index in [9.17, 15) is 9.59 Å². The summed E-state index contributed by atoms with van der Waals surface area (Å²) in [7, 11) is 1.48. The fraction of sp³-hybridized carbons (Fsp3) is 0.263. The number of hydrogen-bond donors (Lipinski definition) is 3. The van der Waals surface area contributed by atoms with Crippen LogP contribution in [-0.2, 0) is 16.0 Å². The van der Waals surface area contributed by atoms with Crippen LogP contribution in [0.2, 0.25) is 0 Å². The normalized spacial score (nSPS) is 19.7. The molecule has 3 N–H and O–H groups in total. The number of carboxylic acid groups (broad SMARTS) is 1. The van der Waals surface area contributed by atoms with E-state index in [1.54, 1.807) is 0 Å². The Morgan fingerprint density at radius 1 is 1.08 bits per heavy atom. The van der Waals surface area contributed by atoms with E-state index in [2.05, 4.69) is 10.6 Å². The third-order valence-electron chi connectivity index (χ3n) is 4.42. The van der Waals surface area contributed by atoms with E-state index >= 15 is 0 Å². The zero-order chi connectivity index (χ0) is 17.8. The molecule has 1 aliphatic carbocycles. The first-order valence-electron chi connectivity index (χ1n) is 8.05. The molecular weight excluding hydrogens is 320 g/mol. The molecule has 0 saturated heterocycles. The van der Waals surface area contributed by atoms with Gasteiger partial charge in [-0.3, -0.25) is 4.79 Å². The minimum Gasteiger partial charge on any atom is -0.465 e. The highest BCUT2D eigenvalue weighted by atomic mass is 16.5. The molecule has 0 saturated carbocycles. The van der Waals surface area contributed by atoms with Crippen LogP contribution in [0.5, 0.6) is 0 Å². The maximum Gasteiger partial charge on any atom is 0.405 e. The summed E-state index contributed by atoms with van der Waals surface area (Å²) >= 11 is 0. The zero-order valence-corrected chi connectivity index (χ0v) is 13.8. The monoisotopic (exact) mass is 340 g/mol. The Morgan fingerprint density at radius 3 is 2.44 bits per heavy atom. The van der Waals surface area contributed by atoms with Gasteiger partial charge < -0.3 is 20.5 Å². The number of carbonyl (C=O) groups is 2. The molecule has 1 aliphatic rings. The quantitative estimate of drug-likeness (QED) is 0.780. The molecule has 130 valence electrons. The lowest BCUT2D eigenvalue weighted by molar-refractivity contribution is -0.132. The number of hydrogen-bond acceptors (Lipinski definition) is 3. The van der Waals surface area contributed by atoms with Gasteiger partial charge in [0.05, 0.1) is 12.1 Å². The summed E-state index contributed by atoms with van der Waals surface area (Å²) in [6.45, 7) is 0. The minimum atomic E-state index is -1.12. The molecule has 2 aromatic carbocycles. The average molecular weight is 340 g/mol. The molecule has 3 rings (SSSR count). The summed E-state index contributed by atoms with van der Waals surface area (Å²) in [4.78, 5) is 23.9. The standard InChI is InChI=1S/C19H20N2O4/c1-25-17(12-7-3-2-4-8-12)18(22)20-15-11-13-9-5-6-10-14(13)16(15)21-19(23)24/h2-10,15-17,21H,11H2,1H3,(H,20,22)(H,23,24)/t15-,16-,17-/m0/s1. The summed E-state index contributed by atoms with van der Waals surface area (Å²) in [5.74, 6) is -0.288. The number of rotatable bonds is 5. The highest BCUT2D eigenvalue weighted by Gasteiger charge is 2.35. The summed E-state index contributed by atoms with van der Waals surface area (Å²) < 4.78 is 5.35. The van der Waals surface area contributed by atoms with E-state index in [4.69, 9.17) is 9.84 Å². The predicted molar refractivity (Wildman–Crippen MR) is 92.2 cm³/mol. The van der Waals surface area contributed by atoms with Gasteiger partial charge in [0.2, 0.25) is 0 Å². The molecule has 2 amide bonds. The maximum atomic E-state index is 12.7. The van der Waals surface area contributed by atoms with Crippen LogP contribution in [0, 0.1) is 0 Å². The van der Waals surface area contributed by atoms with Crippen LogP contribution in [-0.4, -0.2) is 30.3 Å². The largest absolute Gasteiger partial charge is 0.465 e. The first kappa shape index (κ1) is 17.0. The van der Waals surface area contributed by atoms with Crippen molar-refractivity contribution >= 4 is 12.0 Å². The van der Waals surface area contributed by atoms with E-state index < -0.39 is 18.2 Å². The Morgan fingerprint density at radius 2 is 1.76 bits per heavy atom. The third kappa shape index (κ3) is 3.64. The van der Waals surface area contributed by atoms with Gasteiger partial charge in [0.25, 0.3) is 5.91 Å². The average Bonchev–Trinajstić information content (AvgIpc) is 2.93. The lowest BCUT2D eigenvalue weighted by Crippen LogP contribution is -2.45. The number of ether oxygens (including phenoxy) is 1. The Kier molecular flexibility index (Phi) is 5.00. The maximum absolute atomic E-state index is 12.7. The zero-order valence-electron chi connectivity index (χ0n) is 13.8. The first-order chi connectivity index (χ1) is 12.1. The highest BCUT2D eigenvalue weighted by Crippen LogP contribution is 2.32. The second-order valence-electron chi connectivity index (χ2n) is 5.97. The van der Waals surface area contributed by atoms with Crippen molar-refractivity contribution in [1.82, 2.24) is 10.6 Å². The molecule has 6 heteroatoms. The fourth-order valence-electron chi connectivity index (χ4n) is 3.32. The lowest BCUT2D eigenvalue weighted by Gasteiger charge is -2.24. The number of benzene rings is 2. The van der Waals surface area contributed by atoms with Crippen molar-refractivity contribution in [3.63, 3.8) is 0 Å². The van der Waals surface area contributed by atoms with Crippen molar-refractivity contribution in [2.75, 3.05) is 7.11 Å². The van der Waals surface area contributed by atoms with Gasteiger partial charge in [-0.2, -0.15) is 0 Å². The number of fused-ring (bicyclic) bond motifs is 1. The second kappa shape index (κ2) is 7.36. The van der Waals surface area contributed by atoms with Crippen molar-refractivity contribution in [2.45, 2.75) is 24.6 Å². The Bertz CT molecular complexity index is 763. The molecule has 3 atom stereocenters. The summed E-state index contributed by atoms with van der Waals surface area (Å²) in [6.07, 6.45) is -1.29. The fourth-order valence-corrected chi connectivity index (χ4v) is 3.32. The topological polar surface area (TPSA) is 87.7 Å². The van der Waals surface area contributed by atoms with E-state index in [1.807, 2.05) is 54.6 Å².